The van der Waals surface area contributed by atoms with Crippen molar-refractivity contribution in [1.82, 2.24) is 0 Å². The lowest BCUT2D eigenvalue weighted by atomic mass is 9.81. The second-order valence-corrected chi connectivity index (χ2v) is 7.80. The monoisotopic (exact) mass is 418 g/mol. The second kappa shape index (κ2) is 6.57. The van der Waals surface area contributed by atoms with E-state index >= 15 is 0 Å². The first-order valence-corrected chi connectivity index (χ1v) is 9.26. The first-order chi connectivity index (χ1) is 13.8. The number of aliphatic hydroxyl groups excluding tert-OH is 5. The van der Waals surface area contributed by atoms with Crippen molar-refractivity contribution < 1.29 is 58.7 Å². The van der Waals surface area contributed by atoms with E-state index in [4.69, 9.17) is 28.4 Å². The largest absolute Gasteiger partial charge is 0.471 e. The van der Waals surface area contributed by atoms with Crippen LogP contribution in [0, 0.1) is 11.8 Å². The maximum Gasteiger partial charge on any atom is 0.337 e. The molecule has 0 radical (unpaired) electrons. The number of fused-ring (bicyclic) bond motifs is 5. The van der Waals surface area contributed by atoms with Crippen LogP contribution in [-0.2, 0) is 33.2 Å². The van der Waals surface area contributed by atoms with Gasteiger partial charge in [-0.3, -0.25) is 0 Å². The third-order valence-corrected chi connectivity index (χ3v) is 6.40. The molecule has 0 aromatic rings. The van der Waals surface area contributed by atoms with Crippen LogP contribution in [0.15, 0.2) is 11.8 Å². The smallest absolute Gasteiger partial charge is 0.337 e. The van der Waals surface area contributed by atoms with E-state index in [1.807, 2.05) is 0 Å². The first kappa shape index (κ1) is 19.6. The zero-order valence-corrected chi connectivity index (χ0v) is 15.2. The SMILES string of the molecule is COC(=O)C1=COC(O[C@@H]2O[C@H](CO)[C@@H](O)[C@H](O)[C@H]2O)C2C1[C@@H]1O[C@@H]1[C@]21O[C@@H]1O. The van der Waals surface area contributed by atoms with Crippen LogP contribution in [0.4, 0.5) is 0 Å². The minimum atomic E-state index is -1.63. The van der Waals surface area contributed by atoms with Crippen LogP contribution in [0.1, 0.15) is 0 Å². The third-order valence-electron chi connectivity index (χ3n) is 6.40. The number of methoxy groups -OCH3 is 1. The second-order valence-electron chi connectivity index (χ2n) is 7.80. The van der Waals surface area contributed by atoms with E-state index in [9.17, 15) is 30.3 Å². The molecule has 0 amide bonds. The highest BCUT2D eigenvalue weighted by molar-refractivity contribution is 5.89. The number of aliphatic hydroxyl groups is 5. The van der Waals surface area contributed by atoms with E-state index < -0.39 is 85.5 Å². The Labute approximate surface area is 164 Å². The molecule has 5 N–H and O–H groups in total. The Morgan fingerprint density at radius 2 is 1.86 bits per heavy atom. The highest BCUT2D eigenvalue weighted by atomic mass is 16.8. The molecular weight excluding hydrogens is 396 g/mol. The summed E-state index contributed by atoms with van der Waals surface area (Å²) >= 11 is 0. The van der Waals surface area contributed by atoms with Gasteiger partial charge in [0.2, 0.25) is 6.29 Å². The molecule has 0 aromatic carbocycles. The van der Waals surface area contributed by atoms with Gasteiger partial charge in [0, 0.05) is 5.92 Å². The van der Waals surface area contributed by atoms with E-state index in [2.05, 4.69) is 0 Å². The van der Waals surface area contributed by atoms with Crippen LogP contribution in [0.3, 0.4) is 0 Å². The van der Waals surface area contributed by atoms with Crippen molar-refractivity contribution in [3.05, 3.63) is 11.8 Å². The Morgan fingerprint density at radius 1 is 1.14 bits per heavy atom. The van der Waals surface area contributed by atoms with Gasteiger partial charge < -0.3 is 54.0 Å². The molecule has 5 rings (SSSR count). The summed E-state index contributed by atoms with van der Waals surface area (Å²) in [6.45, 7) is -0.613. The Morgan fingerprint density at radius 3 is 2.48 bits per heavy atom. The molecule has 0 bridgehead atoms. The Balaban J connectivity index is 1.42. The molecule has 1 aliphatic carbocycles. The molecule has 5 aliphatic rings. The molecule has 0 aromatic heterocycles. The first-order valence-electron chi connectivity index (χ1n) is 9.26. The van der Waals surface area contributed by atoms with Crippen molar-refractivity contribution in [2.24, 2.45) is 11.8 Å². The van der Waals surface area contributed by atoms with Crippen molar-refractivity contribution in [2.45, 2.75) is 61.1 Å². The molecule has 4 heterocycles. The van der Waals surface area contributed by atoms with Crippen LogP contribution < -0.4 is 0 Å². The average molecular weight is 418 g/mol. The quantitative estimate of drug-likeness (QED) is 0.223. The van der Waals surface area contributed by atoms with Crippen molar-refractivity contribution in [3.63, 3.8) is 0 Å². The highest BCUT2D eigenvalue weighted by Gasteiger charge is 2.85. The molecule has 12 heteroatoms. The van der Waals surface area contributed by atoms with Crippen LogP contribution in [0.25, 0.3) is 0 Å². The van der Waals surface area contributed by atoms with Crippen molar-refractivity contribution >= 4 is 5.97 Å². The highest BCUT2D eigenvalue weighted by Crippen LogP contribution is 2.67. The molecule has 12 nitrogen and oxygen atoms in total. The number of epoxide rings is 2. The molecule has 162 valence electrons. The predicted octanol–water partition coefficient (Wildman–Crippen LogP) is -3.68. The Hall–Kier alpha value is -1.35. The average Bonchev–Trinajstić information content (AvgIpc) is 3.61. The number of rotatable bonds is 4. The lowest BCUT2D eigenvalue weighted by Crippen LogP contribution is -2.60. The van der Waals surface area contributed by atoms with Gasteiger partial charge in [0.05, 0.1) is 37.6 Å². The van der Waals surface area contributed by atoms with Gasteiger partial charge in [-0.1, -0.05) is 0 Å². The number of hydrogen-bond acceptors (Lipinski definition) is 12. The predicted molar refractivity (Wildman–Crippen MR) is 85.3 cm³/mol. The summed E-state index contributed by atoms with van der Waals surface area (Å²) < 4.78 is 32.5. The fraction of sp³-hybridized carbons (Fsp3) is 0.824. The zero-order valence-electron chi connectivity index (χ0n) is 15.2. The number of hydrogen-bond donors (Lipinski definition) is 5. The Kier molecular flexibility index (Phi) is 4.44. The fourth-order valence-corrected chi connectivity index (χ4v) is 4.83. The summed E-state index contributed by atoms with van der Waals surface area (Å²) in [5.74, 6) is -1.85. The van der Waals surface area contributed by atoms with E-state index in [-0.39, 0.29) is 5.57 Å². The van der Waals surface area contributed by atoms with Gasteiger partial charge in [-0.25, -0.2) is 4.79 Å². The lowest BCUT2D eigenvalue weighted by molar-refractivity contribution is -0.344. The van der Waals surface area contributed by atoms with E-state index in [0.29, 0.717) is 0 Å². The molecule has 12 atom stereocenters. The van der Waals surface area contributed by atoms with Crippen LogP contribution in [-0.4, -0.2) is 106 Å². The molecule has 1 spiro atoms. The number of esters is 1. The van der Waals surface area contributed by atoms with Gasteiger partial charge in [0.25, 0.3) is 0 Å². The number of carbonyl (C=O) groups is 1. The molecule has 1 saturated carbocycles. The maximum absolute atomic E-state index is 12.2. The minimum absolute atomic E-state index is 0.207. The van der Waals surface area contributed by atoms with Crippen LogP contribution in [0.2, 0.25) is 0 Å². The zero-order chi connectivity index (χ0) is 20.7. The molecule has 3 saturated heterocycles. The van der Waals surface area contributed by atoms with Gasteiger partial charge in [0.1, 0.15) is 30.5 Å². The van der Waals surface area contributed by atoms with E-state index in [0.717, 1.165) is 0 Å². The third kappa shape index (κ3) is 2.62. The minimum Gasteiger partial charge on any atom is -0.471 e. The van der Waals surface area contributed by atoms with Crippen molar-refractivity contribution in [1.29, 1.82) is 0 Å². The summed E-state index contributed by atoms with van der Waals surface area (Å²) in [6.07, 6.45) is -9.35. The lowest BCUT2D eigenvalue weighted by Gasteiger charge is -2.43. The van der Waals surface area contributed by atoms with Crippen LogP contribution >= 0.6 is 0 Å². The summed E-state index contributed by atoms with van der Waals surface area (Å²) in [5.41, 5.74) is -0.931. The summed E-state index contributed by atoms with van der Waals surface area (Å²) in [5, 5.41) is 49.6. The molecule has 3 unspecified atom stereocenters. The van der Waals surface area contributed by atoms with E-state index in [1.165, 1.54) is 13.4 Å². The normalized spacial score (nSPS) is 54.8. The van der Waals surface area contributed by atoms with Gasteiger partial charge in [-0.15, -0.1) is 0 Å². The Bertz CT molecular complexity index is 725. The maximum atomic E-state index is 12.2. The molecule has 4 fully saturated rings. The number of carbonyl (C=O) groups excluding carboxylic acids is 1. The van der Waals surface area contributed by atoms with Crippen molar-refractivity contribution in [2.75, 3.05) is 13.7 Å². The van der Waals surface area contributed by atoms with Gasteiger partial charge in [-0.05, 0) is 0 Å². The van der Waals surface area contributed by atoms with E-state index in [1.54, 1.807) is 0 Å². The molecule has 4 aliphatic heterocycles. The number of ether oxygens (including phenoxy) is 6. The fourth-order valence-electron chi connectivity index (χ4n) is 4.83. The van der Waals surface area contributed by atoms with Gasteiger partial charge >= 0.3 is 5.97 Å². The van der Waals surface area contributed by atoms with Gasteiger partial charge in [0.15, 0.2) is 18.2 Å². The molecular formula is C17H22O12. The topological polar surface area (TPSA) is 180 Å². The summed E-state index contributed by atoms with van der Waals surface area (Å²) in [4.78, 5) is 12.2. The van der Waals surface area contributed by atoms with Gasteiger partial charge in [-0.2, -0.15) is 0 Å². The summed E-state index contributed by atoms with van der Waals surface area (Å²) in [6, 6.07) is 0. The molecule has 29 heavy (non-hydrogen) atoms. The van der Waals surface area contributed by atoms with Crippen LogP contribution in [0.5, 0.6) is 0 Å². The standard InChI is InChI=1S/C17H22O12/c1-24-13(22)4-3-25-14(7-6(4)11-12(27-11)17(7)16(23)29-17)28-15-10(21)9(20)8(19)5(2-18)26-15/h3,5-12,14-16,18-21,23H,2H2,1H3/t5-,6?,7?,8-,9+,10-,11+,12+,14?,15+,16+,17-/m1/s1. The summed E-state index contributed by atoms with van der Waals surface area (Å²) in [7, 11) is 1.23. The van der Waals surface area contributed by atoms with Crippen molar-refractivity contribution in [3.8, 4) is 0 Å².